The summed E-state index contributed by atoms with van der Waals surface area (Å²) in [4.78, 5) is 20.5. The van der Waals surface area contributed by atoms with Gasteiger partial charge >= 0.3 is 18.1 Å². The molecule has 0 aromatic carbocycles. The molecule has 12 heavy (non-hydrogen) atoms. The van der Waals surface area contributed by atoms with E-state index in [0.29, 0.717) is 0 Å². The number of hydrogen-bond acceptors (Lipinski definition) is 4. The molecule has 1 rings (SSSR count). The normalized spacial score (nSPS) is 24.8. The summed E-state index contributed by atoms with van der Waals surface area (Å²) < 4.78 is 42.9. The molecule has 0 aromatic rings. The van der Waals surface area contributed by atoms with Crippen LogP contribution in [0.4, 0.5) is 13.2 Å². The summed E-state index contributed by atoms with van der Waals surface area (Å²) in [6, 6.07) is 0. The summed E-state index contributed by atoms with van der Waals surface area (Å²) in [5, 5.41) is 0. The van der Waals surface area contributed by atoms with Crippen molar-refractivity contribution in [2.45, 2.75) is 12.3 Å². The van der Waals surface area contributed by atoms with Crippen LogP contribution in [-0.4, -0.2) is 30.8 Å². The van der Waals surface area contributed by atoms with Crippen molar-refractivity contribution in [3.05, 3.63) is 0 Å². The fourth-order valence-electron chi connectivity index (χ4n) is 0.583. The van der Waals surface area contributed by atoms with Gasteiger partial charge in [-0.2, -0.15) is 13.2 Å². The monoisotopic (exact) mass is 184 g/mol. The molecular weight excluding hydrogens is 181 g/mol. The predicted octanol–water partition coefficient (Wildman–Crippen LogP) is 0.0173. The minimum absolute atomic E-state index is 0.964. The van der Waals surface area contributed by atoms with Crippen molar-refractivity contribution in [2.75, 3.05) is 6.61 Å². The topological polar surface area (TPSA) is 52.6 Å². The molecule has 1 unspecified atom stereocenters. The van der Waals surface area contributed by atoms with Crippen LogP contribution in [0.2, 0.25) is 0 Å². The van der Waals surface area contributed by atoms with Crippen molar-refractivity contribution in [1.82, 2.24) is 0 Å². The second-order valence-corrected chi connectivity index (χ2v) is 2.03. The highest BCUT2D eigenvalue weighted by molar-refractivity contribution is 6.30. The Bertz CT molecular complexity index is 221. The number of halogens is 3. The maximum Gasteiger partial charge on any atom is 0.428 e. The van der Waals surface area contributed by atoms with Crippen molar-refractivity contribution in [3.8, 4) is 0 Å². The van der Waals surface area contributed by atoms with Gasteiger partial charge in [0.1, 0.15) is 6.61 Å². The van der Waals surface area contributed by atoms with Crippen molar-refractivity contribution in [3.63, 3.8) is 0 Å². The minimum Gasteiger partial charge on any atom is -0.453 e. The van der Waals surface area contributed by atoms with Crippen LogP contribution >= 0.6 is 0 Å². The van der Waals surface area contributed by atoms with Crippen LogP contribution in [0.5, 0.6) is 0 Å². The molecule has 0 aromatic heterocycles. The first kappa shape index (κ1) is 8.82. The first-order valence-corrected chi connectivity index (χ1v) is 2.85. The van der Waals surface area contributed by atoms with E-state index in [2.05, 4.69) is 9.47 Å². The summed E-state index contributed by atoms with van der Waals surface area (Å²) in [7, 11) is 0. The minimum atomic E-state index is -4.68. The molecule has 1 atom stereocenters. The van der Waals surface area contributed by atoms with Crippen molar-refractivity contribution >= 4 is 11.9 Å². The molecule has 0 amide bonds. The van der Waals surface area contributed by atoms with E-state index in [4.69, 9.17) is 0 Å². The van der Waals surface area contributed by atoms with Gasteiger partial charge in [0, 0.05) is 0 Å². The van der Waals surface area contributed by atoms with Gasteiger partial charge in [0.15, 0.2) is 0 Å². The fourth-order valence-corrected chi connectivity index (χ4v) is 0.583. The zero-order valence-corrected chi connectivity index (χ0v) is 5.55. The summed E-state index contributed by atoms with van der Waals surface area (Å²) >= 11 is 0. The largest absolute Gasteiger partial charge is 0.453 e. The Kier molecular flexibility index (Phi) is 1.95. The molecule has 1 aliphatic rings. The quantitative estimate of drug-likeness (QED) is 0.393. The van der Waals surface area contributed by atoms with E-state index in [9.17, 15) is 22.8 Å². The van der Waals surface area contributed by atoms with Crippen molar-refractivity contribution in [1.29, 1.82) is 0 Å². The average molecular weight is 184 g/mol. The Balaban J connectivity index is 2.63. The van der Waals surface area contributed by atoms with Crippen LogP contribution < -0.4 is 0 Å². The van der Waals surface area contributed by atoms with E-state index in [-0.39, 0.29) is 0 Å². The van der Waals surface area contributed by atoms with Crippen LogP contribution in [-0.2, 0) is 19.1 Å². The van der Waals surface area contributed by atoms with Crippen LogP contribution in [0.15, 0.2) is 0 Å². The van der Waals surface area contributed by atoms with Gasteiger partial charge in [-0.05, 0) is 0 Å². The highest BCUT2D eigenvalue weighted by atomic mass is 19.4. The lowest BCUT2D eigenvalue weighted by Gasteiger charge is -2.23. The first-order valence-electron chi connectivity index (χ1n) is 2.85. The molecule has 0 N–H and O–H groups in total. The van der Waals surface area contributed by atoms with Gasteiger partial charge in [0.05, 0.1) is 0 Å². The van der Waals surface area contributed by atoms with E-state index in [1.807, 2.05) is 0 Å². The van der Waals surface area contributed by atoms with Crippen LogP contribution in [0.25, 0.3) is 0 Å². The van der Waals surface area contributed by atoms with E-state index in [0.717, 1.165) is 0 Å². The second-order valence-electron chi connectivity index (χ2n) is 2.03. The predicted molar refractivity (Wildman–Crippen MR) is 26.9 cm³/mol. The number of carbonyl (C=O) groups is 2. The van der Waals surface area contributed by atoms with Gasteiger partial charge in [-0.3, -0.25) is 0 Å². The lowest BCUT2D eigenvalue weighted by atomic mass is 10.3. The molecule has 4 nitrogen and oxygen atoms in total. The van der Waals surface area contributed by atoms with Gasteiger partial charge < -0.3 is 9.47 Å². The van der Waals surface area contributed by atoms with Crippen LogP contribution in [0.1, 0.15) is 0 Å². The number of cyclic esters (lactones) is 2. The maximum absolute atomic E-state index is 11.8. The van der Waals surface area contributed by atoms with Crippen molar-refractivity contribution < 1.29 is 32.2 Å². The zero-order chi connectivity index (χ0) is 9.35. The van der Waals surface area contributed by atoms with Crippen LogP contribution in [0.3, 0.4) is 0 Å². The molecule has 7 heteroatoms. The Morgan fingerprint density at radius 3 is 2.25 bits per heavy atom. The Hall–Kier alpha value is -1.27. The molecule has 1 aliphatic heterocycles. The number of rotatable bonds is 0. The number of hydrogen-bond donors (Lipinski definition) is 0. The Morgan fingerprint density at radius 1 is 1.25 bits per heavy atom. The first-order chi connectivity index (χ1) is 5.41. The van der Waals surface area contributed by atoms with Gasteiger partial charge in [-0.15, -0.1) is 0 Å². The number of alkyl halides is 3. The van der Waals surface area contributed by atoms with Gasteiger partial charge in [-0.25, -0.2) is 9.59 Å². The summed E-state index contributed by atoms with van der Waals surface area (Å²) in [5.74, 6) is -3.00. The van der Waals surface area contributed by atoms with Gasteiger partial charge in [0.25, 0.3) is 0 Å². The molecule has 0 saturated carbocycles. The third-order valence-corrected chi connectivity index (χ3v) is 1.15. The standard InChI is InChI=1S/C5H3F3O4/c6-5(7,8)2-1-11-3(9)4(10)12-2/h2H,1H2. The molecule has 1 saturated heterocycles. The number of carbonyl (C=O) groups excluding carboxylic acids is 2. The molecule has 1 fully saturated rings. The molecular formula is C5H3F3O4. The molecule has 0 radical (unpaired) electrons. The van der Waals surface area contributed by atoms with Crippen LogP contribution in [0, 0.1) is 0 Å². The van der Waals surface area contributed by atoms with E-state index in [1.54, 1.807) is 0 Å². The molecule has 0 spiro atoms. The second kappa shape index (κ2) is 2.65. The van der Waals surface area contributed by atoms with E-state index >= 15 is 0 Å². The van der Waals surface area contributed by atoms with Gasteiger partial charge in [-0.1, -0.05) is 0 Å². The molecule has 1 heterocycles. The Labute approximate surface area is 64.2 Å². The smallest absolute Gasteiger partial charge is 0.428 e. The van der Waals surface area contributed by atoms with E-state index in [1.165, 1.54) is 0 Å². The fraction of sp³-hybridized carbons (Fsp3) is 0.600. The highest BCUT2D eigenvalue weighted by Crippen LogP contribution is 2.25. The van der Waals surface area contributed by atoms with Crippen molar-refractivity contribution in [2.24, 2.45) is 0 Å². The zero-order valence-electron chi connectivity index (χ0n) is 5.55. The third kappa shape index (κ3) is 1.66. The lowest BCUT2D eigenvalue weighted by molar-refractivity contribution is -0.244. The molecule has 0 bridgehead atoms. The average Bonchev–Trinajstić information content (AvgIpc) is 1.92. The number of esters is 2. The van der Waals surface area contributed by atoms with Gasteiger partial charge in [0.2, 0.25) is 6.10 Å². The summed E-state index contributed by atoms with van der Waals surface area (Å²) in [5.41, 5.74) is 0. The molecule has 68 valence electrons. The summed E-state index contributed by atoms with van der Waals surface area (Å²) in [6.07, 6.45) is -7.02. The summed E-state index contributed by atoms with van der Waals surface area (Å²) in [6.45, 7) is -0.964. The molecule has 0 aliphatic carbocycles. The maximum atomic E-state index is 11.8. The highest BCUT2D eigenvalue weighted by Gasteiger charge is 2.47. The SMILES string of the molecule is O=C1OCC(C(F)(F)F)OC1=O. The third-order valence-electron chi connectivity index (χ3n) is 1.15. The number of ether oxygens (including phenoxy) is 2. The van der Waals surface area contributed by atoms with E-state index < -0.39 is 30.8 Å². The lowest BCUT2D eigenvalue weighted by Crippen LogP contribution is -2.45. The Morgan fingerprint density at radius 2 is 1.83 bits per heavy atom.